The first-order chi connectivity index (χ1) is 7.77. The van der Waals surface area contributed by atoms with Crippen LogP contribution in [0.3, 0.4) is 0 Å². The van der Waals surface area contributed by atoms with Crippen molar-refractivity contribution in [3.05, 3.63) is 35.5 Å². The minimum absolute atomic E-state index is 0.455. The van der Waals surface area contributed by atoms with Gasteiger partial charge < -0.3 is 10.1 Å². The van der Waals surface area contributed by atoms with Crippen molar-refractivity contribution < 1.29 is 4.74 Å². The van der Waals surface area contributed by atoms with Gasteiger partial charge in [0.1, 0.15) is 6.61 Å². The van der Waals surface area contributed by atoms with Gasteiger partial charge in [0.25, 0.3) is 0 Å². The average Bonchev–Trinajstić information content (AvgIpc) is 2.30. The normalized spacial score (nSPS) is 10.1. The fourth-order valence-corrected chi connectivity index (χ4v) is 1.39. The number of hydrogen-bond acceptors (Lipinski definition) is 3. The van der Waals surface area contributed by atoms with Crippen molar-refractivity contribution in [1.82, 2.24) is 10.3 Å². The van der Waals surface area contributed by atoms with Gasteiger partial charge >= 0.3 is 0 Å². The number of ether oxygens (including phenoxy) is 1. The molecule has 0 atom stereocenters. The van der Waals surface area contributed by atoms with Gasteiger partial charge in [0.15, 0.2) is 0 Å². The van der Waals surface area contributed by atoms with Crippen LogP contribution in [0, 0.1) is 0 Å². The van der Waals surface area contributed by atoms with Crippen molar-refractivity contribution in [1.29, 1.82) is 0 Å². The van der Waals surface area contributed by atoms with E-state index in [9.17, 15) is 0 Å². The molecule has 16 heavy (non-hydrogen) atoms. The lowest BCUT2D eigenvalue weighted by Crippen LogP contribution is -2.14. The van der Waals surface area contributed by atoms with E-state index in [1.54, 1.807) is 12.3 Å². The van der Waals surface area contributed by atoms with E-state index < -0.39 is 0 Å². The predicted molar refractivity (Wildman–Crippen MR) is 66.9 cm³/mol. The summed E-state index contributed by atoms with van der Waals surface area (Å²) in [5, 5.41) is 3.95. The third-order valence-corrected chi connectivity index (χ3v) is 2.34. The van der Waals surface area contributed by atoms with Gasteiger partial charge in [-0.15, -0.1) is 0 Å². The Balaban J connectivity index is 2.62. The van der Waals surface area contributed by atoms with E-state index in [4.69, 9.17) is 16.3 Å². The van der Waals surface area contributed by atoms with E-state index in [0.29, 0.717) is 17.5 Å². The first-order valence-electron chi connectivity index (χ1n) is 5.36. The molecule has 0 aliphatic heterocycles. The van der Waals surface area contributed by atoms with Gasteiger partial charge in [-0.2, -0.15) is 0 Å². The van der Waals surface area contributed by atoms with Crippen LogP contribution in [0.5, 0.6) is 5.88 Å². The minimum Gasteiger partial charge on any atom is -0.473 e. The van der Waals surface area contributed by atoms with E-state index in [-0.39, 0.29) is 0 Å². The third-order valence-electron chi connectivity index (χ3n) is 2.00. The number of nitrogens with zero attached hydrogens (tertiary/aromatic N) is 1. The predicted octanol–water partition coefficient (Wildman–Crippen LogP) is 2.80. The molecule has 0 aliphatic rings. The monoisotopic (exact) mass is 240 g/mol. The first-order valence-corrected chi connectivity index (χ1v) is 5.74. The van der Waals surface area contributed by atoms with Crippen molar-refractivity contribution in [2.45, 2.75) is 19.9 Å². The largest absolute Gasteiger partial charge is 0.473 e. The van der Waals surface area contributed by atoms with Gasteiger partial charge in [0.05, 0.1) is 5.02 Å². The molecule has 0 spiro atoms. The number of hydrogen-bond donors (Lipinski definition) is 1. The van der Waals surface area contributed by atoms with Gasteiger partial charge in [-0.25, -0.2) is 4.98 Å². The zero-order valence-electron chi connectivity index (χ0n) is 9.50. The Hall–Kier alpha value is -1.06. The molecule has 1 aromatic heterocycles. The van der Waals surface area contributed by atoms with Gasteiger partial charge in [-0.3, -0.25) is 0 Å². The fraction of sp³-hybridized carbons (Fsp3) is 0.417. The Morgan fingerprint density at radius 1 is 1.62 bits per heavy atom. The fourth-order valence-electron chi connectivity index (χ4n) is 1.22. The Labute approximate surface area is 101 Å². The Morgan fingerprint density at radius 2 is 2.44 bits per heavy atom. The van der Waals surface area contributed by atoms with Crippen LogP contribution in [0.2, 0.25) is 5.02 Å². The number of pyridine rings is 1. The summed E-state index contributed by atoms with van der Waals surface area (Å²) in [5.41, 5.74) is 1.00. The highest BCUT2D eigenvalue weighted by molar-refractivity contribution is 6.31. The zero-order chi connectivity index (χ0) is 11.8. The third kappa shape index (κ3) is 4.21. The van der Waals surface area contributed by atoms with Crippen molar-refractivity contribution in [3.63, 3.8) is 0 Å². The van der Waals surface area contributed by atoms with Crippen LogP contribution >= 0.6 is 11.6 Å². The summed E-state index contributed by atoms with van der Waals surface area (Å²) in [6.45, 7) is 7.87. The van der Waals surface area contributed by atoms with E-state index in [1.165, 1.54) is 0 Å². The Bertz CT molecular complexity index is 342. The Kier molecular flexibility index (Phi) is 5.90. The number of nitrogens with one attached hydrogen (secondary N) is 1. The van der Waals surface area contributed by atoms with Crippen molar-refractivity contribution >= 4 is 11.6 Å². The highest BCUT2D eigenvalue weighted by Crippen LogP contribution is 2.19. The molecule has 0 bridgehead atoms. The molecule has 1 rings (SSSR count). The summed E-state index contributed by atoms with van der Waals surface area (Å²) < 4.78 is 5.34. The van der Waals surface area contributed by atoms with Gasteiger partial charge in [0, 0.05) is 18.8 Å². The van der Waals surface area contributed by atoms with E-state index in [0.717, 1.165) is 25.1 Å². The van der Waals surface area contributed by atoms with Crippen LogP contribution in [0.25, 0.3) is 0 Å². The summed E-state index contributed by atoms with van der Waals surface area (Å²) in [5.74, 6) is 0.581. The zero-order valence-corrected chi connectivity index (χ0v) is 10.3. The molecule has 0 amide bonds. The van der Waals surface area contributed by atoms with Crippen LogP contribution in [0.15, 0.2) is 24.9 Å². The highest BCUT2D eigenvalue weighted by atomic mass is 35.5. The summed E-state index contributed by atoms with van der Waals surface area (Å²) in [6, 6.07) is 1.86. The lowest BCUT2D eigenvalue weighted by atomic mass is 10.2. The SMILES string of the molecule is C=CCOc1cc(CNCCC)c(Cl)cn1. The summed E-state index contributed by atoms with van der Waals surface area (Å²) in [6.07, 6.45) is 4.40. The van der Waals surface area contributed by atoms with Crippen LogP contribution in [0.4, 0.5) is 0 Å². The molecular formula is C12H17ClN2O. The quantitative estimate of drug-likeness (QED) is 0.588. The van der Waals surface area contributed by atoms with Crippen molar-refractivity contribution in [2.75, 3.05) is 13.2 Å². The molecule has 88 valence electrons. The molecule has 1 heterocycles. The minimum atomic E-state index is 0.455. The second-order valence-corrected chi connectivity index (χ2v) is 3.80. The molecule has 0 saturated carbocycles. The Morgan fingerprint density at radius 3 is 3.12 bits per heavy atom. The molecule has 0 radical (unpaired) electrons. The van der Waals surface area contributed by atoms with Gasteiger partial charge in [-0.05, 0) is 18.5 Å². The maximum Gasteiger partial charge on any atom is 0.213 e. The average molecular weight is 241 g/mol. The summed E-state index contributed by atoms with van der Waals surface area (Å²) in [4.78, 5) is 4.07. The molecule has 0 aliphatic carbocycles. The second-order valence-electron chi connectivity index (χ2n) is 3.39. The molecule has 3 nitrogen and oxygen atoms in total. The van der Waals surface area contributed by atoms with Crippen LogP contribution in [-0.4, -0.2) is 18.1 Å². The molecule has 0 fully saturated rings. The van der Waals surface area contributed by atoms with Gasteiger partial charge in [0.2, 0.25) is 5.88 Å². The maximum absolute atomic E-state index is 6.03. The molecular weight excluding hydrogens is 224 g/mol. The van der Waals surface area contributed by atoms with Crippen molar-refractivity contribution in [2.24, 2.45) is 0 Å². The molecule has 0 aromatic carbocycles. The topological polar surface area (TPSA) is 34.1 Å². The molecule has 1 aromatic rings. The standard InChI is InChI=1S/C12H17ClN2O/c1-3-5-14-8-10-7-12(16-6-4-2)15-9-11(10)13/h4,7,9,14H,2-3,5-6,8H2,1H3. The number of rotatable bonds is 7. The summed E-state index contributed by atoms with van der Waals surface area (Å²) in [7, 11) is 0. The highest BCUT2D eigenvalue weighted by Gasteiger charge is 2.03. The van der Waals surface area contributed by atoms with Gasteiger partial charge in [-0.1, -0.05) is 31.2 Å². The summed E-state index contributed by atoms with van der Waals surface area (Å²) >= 11 is 6.03. The van der Waals surface area contributed by atoms with E-state index in [1.807, 2.05) is 6.07 Å². The molecule has 0 saturated heterocycles. The van der Waals surface area contributed by atoms with Crippen molar-refractivity contribution in [3.8, 4) is 5.88 Å². The number of halogens is 1. The molecule has 4 heteroatoms. The lowest BCUT2D eigenvalue weighted by Gasteiger charge is -2.08. The molecule has 0 unspecified atom stereocenters. The lowest BCUT2D eigenvalue weighted by molar-refractivity contribution is 0.348. The second kappa shape index (κ2) is 7.25. The van der Waals surface area contributed by atoms with Crippen LogP contribution in [-0.2, 0) is 6.54 Å². The van der Waals surface area contributed by atoms with Crippen LogP contribution < -0.4 is 10.1 Å². The molecule has 1 N–H and O–H groups in total. The van der Waals surface area contributed by atoms with E-state index >= 15 is 0 Å². The first kappa shape index (κ1) is 13.0. The van der Waals surface area contributed by atoms with Crippen LogP contribution in [0.1, 0.15) is 18.9 Å². The smallest absolute Gasteiger partial charge is 0.213 e. The number of aromatic nitrogens is 1. The maximum atomic E-state index is 6.03. The van der Waals surface area contributed by atoms with E-state index in [2.05, 4.69) is 23.8 Å².